The van der Waals surface area contributed by atoms with Crippen LogP contribution in [0.15, 0.2) is 18.5 Å². The van der Waals surface area contributed by atoms with Crippen LogP contribution in [0.2, 0.25) is 0 Å². The van der Waals surface area contributed by atoms with E-state index in [-0.39, 0.29) is 18.0 Å². The van der Waals surface area contributed by atoms with Crippen LogP contribution < -0.4 is 10.6 Å². The van der Waals surface area contributed by atoms with Gasteiger partial charge in [-0.2, -0.15) is 9.61 Å². The number of anilines is 1. The number of aromatic nitrogens is 3. The highest BCUT2D eigenvalue weighted by molar-refractivity contribution is 5.81. The summed E-state index contributed by atoms with van der Waals surface area (Å²) in [6, 6.07) is 3.87. The molecular formula is C13H19N5O. The van der Waals surface area contributed by atoms with E-state index >= 15 is 0 Å². The molecule has 0 fully saturated rings. The van der Waals surface area contributed by atoms with Gasteiger partial charge in [-0.25, -0.2) is 4.98 Å². The summed E-state index contributed by atoms with van der Waals surface area (Å²) in [7, 11) is 0. The van der Waals surface area contributed by atoms with Crippen LogP contribution in [0.25, 0.3) is 5.65 Å². The Bertz CT molecular complexity index is 597. The predicted octanol–water partition coefficient (Wildman–Crippen LogP) is 1.36. The van der Waals surface area contributed by atoms with E-state index in [0.29, 0.717) is 0 Å². The molecule has 2 heterocycles. The van der Waals surface area contributed by atoms with E-state index in [1.807, 2.05) is 39.8 Å². The third-order valence-corrected chi connectivity index (χ3v) is 2.47. The Balaban J connectivity index is 2.09. The largest absolute Gasteiger partial charge is 0.361 e. The first-order valence-electron chi connectivity index (χ1n) is 6.20. The summed E-state index contributed by atoms with van der Waals surface area (Å²) in [5, 5.41) is 10.1. The molecule has 0 aromatic carbocycles. The van der Waals surface area contributed by atoms with E-state index in [1.54, 1.807) is 4.52 Å². The van der Waals surface area contributed by atoms with E-state index in [9.17, 15) is 4.79 Å². The second-order valence-electron chi connectivity index (χ2n) is 5.60. The lowest BCUT2D eigenvalue weighted by Gasteiger charge is -2.20. The number of hydrogen-bond acceptors (Lipinski definition) is 4. The normalized spacial score (nSPS) is 11.6. The predicted molar refractivity (Wildman–Crippen MR) is 74.1 cm³/mol. The lowest BCUT2D eigenvalue weighted by molar-refractivity contribution is -0.120. The second-order valence-corrected chi connectivity index (χ2v) is 5.60. The van der Waals surface area contributed by atoms with Gasteiger partial charge in [0, 0.05) is 5.54 Å². The molecule has 2 aromatic rings. The van der Waals surface area contributed by atoms with Crippen molar-refractivity contribution in [3.8, 4) is 0 Å². The van der Waals surface area contributed by atoms with Crippen LogP contribution in [0.1, 0.15) is 26.3 Å². The molecule has 6 heteroatoms. The molecule has 0 unspecified atom stereocenters. The standard InChI is InChI=1S/C13H19N5O/c1-9-5-10(18-11(6-9)15-8-16-18)14-7-12(19)17-13(2,3)4/h5-6,8,14H,7H2,1-4H3,(H,17,19). The number of carbonyl (C=O) groups is 1. The average Bonchev–Trinajstić information content (AvgIpc) is 2.71. The maximum Gasteiger partial charge on any atom is 0.239 e. The second kappa shape index (κ2) is 4.87. The summed E-state index contributed by atoms with van der Waals surface area (Å²) in [5.41, 5.74) is 1.60. The van der Waals surface area contributed by atoms with E-state index in [0.717, 1.165) is 17.0 Å². The van der Waals surface area contributed by atoms with E-state index in [2.05, 4.69) is 20.7 Å². The SMILES string of the molecule is Cc1cc(NCC(=O)NC(C)(C)C)n2ncnc2c1. The zero-order chi connectivity index (χ0) is 14.0. The number of aryl methyl sites for hydroxylation is 1. The molecule has 19 heavy (non-hydrogen) atoms. The molecule has 1 amide bonds. The molecule has 0 aliphatic rings. The van der Waals surface area contributed by atoms with Gasteiger partial charge in [0.25, 0.3) is 0 Å². The number of nitrogens with zero attached hydrogens (tertiary/aromatic N) is 3. The quantitative estimate of drug-likeness (QED) is 0.875. The van der Waals surface area contributed by atoms with Crippen molar-refractivity contribution >= 4 is 17.4 Å². The molecule has 0 aliphatic heterocycles. The molecule has 0 aliphatic carbocycles. The van der Waals surface area contributed by atoms with Gasteiger partial charge in [0.05, 0.1) is 6.54 Å². The first-order valence-corrected chi connectivity index (χ1v) is 6.20. The summed E-state index contributed by atoms with van der Waals surface area (Å²) in [4.78, 5) is 15.9. The fourth-order valence-electron chi connectivity index (χ4n) is 1.82. The molecule has 0 spiro atoms. The summed E-state index contributed by atoms with van der Waals surface area (Å²) in [5.74, 6) is 0.707. The zero-order valence-electron chi connectivity index (χ0n) is 11.7. The smallest absolute Gasteiger partial charge is 0.239 e. The van der Waals surface area contributed by atoms with Crippen molar-refractivity contribution in [2.75, 3.05) is 11.9 Å². The molecule has 0 saturated heterocycles. The number of pyridine rings is 1. The van der Waals surface area contributed by atoms with E-state index < -0.39 is 0 Å². The number of amides is 1. The van der Waals surface area contributed by atoms with Crippen molar-refractivity contribution in [3.05, 3.63) is 24.0 Å². The third-order valence-electron chi connectivity index (χ3n) is 2.47. The lowest BCUT2D eigenvalue weighted by atomic mass is 10.1. The maximum atomic E-state index is 11.8. The van der Waals surface area contributed by atoms with Crippen LogP contribution >= 0.6 is 0 Å². The van der Waals surface area contributed by atoms with Crippen molar-refractivity contribution in [1.82, 2.24) is 19.9 Å². The Morgan fingerprint density at radius 3 is 2.79 bits per heavy atom. The number of fused-ring (bicyclic) bond motifs is 1. The van der Waals surface area contributed by atoms with Gasteiger partial charge in [-0.05, 0) is 45.4 Å². The minimum Gasteiger partial charge on any atom is -0.361 e. The Labute approximate surface area is 112 Å². The van der Waals surface area contributed by atoms with Gasteiger partial charge in [-0.15, -0.1) is 0 Å². The topological polar surface area (TPSA) is 71.3 Å². The Morgan fingerprint density at radius 1 is 1.37 bits per heavy atom. The highest BCUT2D eigenvalue weighted by atomic mass is 16.2. The highest BCUT2D eigenvalue weighted by Crippen LogP contribution is 2.12. The fourth-order valence-corrected chi connectivity index (χ4v) is 1.82. The average molecular weight is 261 g/mol. The first-order chi connectivity index (χ1) is 8.85. The lowest BCUT2D eigenvalue weighted by Crippen LogP contribution is -2.43. The Morgan fingerprint density at radius 2 is 2.11 bits per heavy atom. The van der Waals surface area contributed by atoms with Gasteiger partial charge in [0.15, 0.2) is 5.65 Å². The number of carbonyl (C=O) groups excluding carboxylic acids is 1. The number of rotatable bonds is 3. The molecule has 2 N–H and O–H groups in total. The molecular weight excluding hydrogens is 242 g/mol. The molecule has 0 radical (unpaired) electrons. The van der Waals surface area contributed by atoms with Crippen LogP contribution in [-0.2, 0) is 4.79 Å². The summed E-state index contributed by atoms with van der Waals surface area (Å²) < 4.78 is 1.68. The van der Waals surface area contributed by atoms with Gasteiger partial charge in [-0.3, -0.25) is 4.79 Å². The van der Waals surface area contributed by atoms with Crippen molar-refractivity contribution in [2.24, 2.45) is 0 Å². The van der Waals surface area contributed by atoms with Gasteiger partial charge < -0.3 is 10.6 Å². The number of hydrogen-bond donors (Lipinski definition) is 2. The molecule has 2 aromatic heterocycles. The van der Waals surface area contributed by atoms with Crippen LogP contribution in [-0.4, -0.2) is 32.6 Å². The van der Waals surface area contributed by atoms with E-state index in [4.69, 9.17) is 0 Å². The molecule has 0 bridgehead atoms. The van der Waals surface area contributed by atoms with E-state index in [1.165, 1.54) is 6.33 Å². The molecule has 6 nitrogen and oxygen atoms in total. The molecule has 0 saturated carbocycles. The van der Waals surface area contributed by atoms with Crippen molar-refractivity contribution in [2.45, 2.75) is 33.2 Å². The maximum absolute atomic E-state index is 11.8. The van der Waals surface area contributed by atoms with Gasteiger partial charge in [-0.1, -0.05) is 0 Å². The van der Waals surface area contributed by atoms with Gasteiger partial charge in [0.2, 0.25) is 5.91 Å². The van der Waals surface area contributed by atoms with Crippen molar-refractivity contribution < 1.29 is 4.79 Å². The Hall–Kier alpha value is -2.11. The van der Waals surface area contributed by atoms with Crippen LogP contribution in [0.3, 0.4) is 0 Å². The summed E-state index contributed by atoms with van der Waals surface area (Å²) >= 11 is 0. The monoisotopic (exact) mass is 261 g/mol. The summed E-state index contributed by atoms with van der Waals surface area (Å²) in [6.45, 7) is 8.04. The Kier molecular flexibility index (Phi) is 3.42. The minimum atomic E-state index is -0.228. The zero-order valence-corrected chi connectivity index (χ0v) is 11.7. The molecule has 0 atom stereocenters. The third kappa shape index (κ3) is 3.43. The minimum absolute atomic E-state index is 0.0535. The van der Waals surface area contributed by atoms with Gasteiger partial charge >= 0.3 is 0 Å². The molecule has 102 valence electrons. The number of nitrogens with one attached hydrogen (secondary N) is 2. The molecule has 2 rings (SSSR count). The van der Waals surface area contributed by atoms with Crippen molar-refractivity contribution in [1.29, 1.82) is 0 Å². The summed E-state index contributed by atoms with van der Waals surface area (Å²) in [6.07, 6.45) is 1.50. The van der Waals surface area contributed by atoms with Crippen LogP contribution in [0.4, 0.5) is 5.82 Å². The van der Waals surface area contributed by atoms with Gasteiger partial charge in [0.1, 0.15) is 12.1 Å². The van der Waals surface area contributed by atoms with Crippen LogP contribution in [0.5, 0.6) is 0 Å². The fraction of sp³-hybridized carbons (Fsp3) is 0.462. The van der Waals surface area contributed by atoms with Crippen LogP contribution in [0, 0.1) is 6.92 Å². The van der Waals surface area contributed by atoms with Crippen molar-refractivity contribution in [3.63, 3.8) is 0 Å². The first kappa shape index (κ1) is 13.3. The highest BCUT2D eigenvalue weighted by Gasteiger charge is 2.13.